The molecule has 1 N–H and O–H groups in total. The molecule has 0 bridgehead atoms. The minimum Gasteiger partial charge on any atom is -0.462 e. The van der Waals surface area contributed by atoms with Gasteiger partial charge in [0.1, 0.15) is 10.6 Å². The zero-order valence-corrected chi connectivity index (χ0v) is 12.2. The van der Waals surface area contributed by atoms with Gasteiger partial charge in [-0.3, -0.25) is 0 Å². The molecule has 0 aliphatic heterocycles. The normalized spacial score (nSPS) is 15.6. The highest BCUT2D eigenvalue weighted by Crippen LogP contribution is 2.42. The van der Waals surface area contributed by atoms with Gasteiger partial charge in [0, 0.05) is 5.54 Å². The van der Waals surface area contributed by atoms with Crippen molar-refractivity contribution in [3.63, 3.8) is 0 Å². The van der Waals surface area contributed by atoms with E-state index >= 15 is 0 Å². The number of esters is 1. The lowest BCUT2D eigenvalue weighted by Gasteiger charge is -2.26. The van der Waals surface area contributed by atoms with Gasteiger partial charge in [-0.05, 0) is 58.0 Å². The van der Waals surface area contributed by atoms with Crippen LogP contribution >= 0.6 is 11.5 Å². The fourth-order valence-corrected chi connectivity index (χ4v) is 3.05. The van der Waals surface area contributed by atoms with Gasteiger partial charge < -0.3 is 10.1 Å². The lowest BCUT2D eigenvalue weighted by Crippen LogP contribution is -2.33. The van der Waals surface area contributed by atoms with E-state index in [0.29, 0.717) is 18.1 Å². The Morgan fingerprint density at radius 1 is 1.56 bits per heavy atom. The van der Waals surface area contributed by atoms with E-state index in [1.54, 1.807) is 0 Å². The van der Waals surface area contributed by atoms with Crippen molar-refractivity contribution in [3.8, 4) is 0 Å². The van der Waals surface area contributed by atoms with Gasteiger partial charge in [0.25, 0.3) is 0 Å². The topological polar surface area (TPSA) is 51.2 Å². The molecule has 100 valence electrons. The lowest BCUT2D eigenvalue weighted by molar-refractivity contribution is 0.0527. The van der Waals surface area contributed by atoms with Gasteiger partial charge in [-0.1, -0.05) is 0 Å². The van der Waals surface area contributed by atoms with E-state index in [0.717, 1.165) is 10.7 Å². The number of aryl methyl sites for hydroxylation is 1. The molecule has 1 saturated carbocycles. The van der Waals surface area contributed by atoms with E-state index in [1.807, 2.05) is 13.8 Å². The first-order valence-corrected chi connectivity index (χ1v) is 7.14. The second kappa shape index (κ2) is 4.88. The van der Waals surface area contributed by atoms with Gasteiger partial charge in [0.15, 0.2) is 0 Å². The van der Waals surface area contributed by atoms with Crippen molar-refractivity contribution in [3.05, 3.63) is 11.3 Å². The average Bonchev–Trinajstić information content (AvgIpc) is 3.06. The third-order valence-electron chi connectivity index (χ3n) is 3.38. The van der Waals surface area contributed by atoms with Crippen molar-refractivity contribution in [1.82, 2.24) is 4.37 Å². The summed E-state index contributed by atoms with van der Waals surface area (Å²) in [5.41, 5.74) is 1.35. The van der Waals surface area contributed by atoms with Crippen LogP contribution in [-0.4, -0.2) is 22.5 Å². The van der Waals surface area contributed by atoms with Crippen molar-refractivity contribution < 1.29 is 9.53 Å². The number of hydrogen-bond acceptors (Lipinski definition) is 5. The first-order chi connectivity index (χ1) is 8.45. The second-order valence-electron chi connectivity index (χ2n) is 5.31. The predicted octanol–water partition coefficient (Wildman–Crippen LogP) is 3.23. The van der Waals surface area contributed by atoms with Crippen LogP contribution in [0.3, 0.4) is 0 Å². The first kappa shape index (κ1) is 13.3. The van der Waals surface area contributed by atoms with E-state index in [4.69, 9.17) is 4.74 Å². The zero-order chi connectivity index (χ0) is 13.3. The maximum atomic E-state index is 11.9. The fourth-order valence-electron chi connectivity index (χ4n) is 2.10. The molecular formula is C13H20N2O2S. The summed E-state index contributed by atoms with van der Waals surface area (Å²) in [4.78, 5) is 11.9. The molecule has 4 nitrogen and oxygen atoms in total. The van der Waals surface area contributed by atoms with Crippen LogP contribution in [0.15, 0.2) is 0 Å². The minimum absolute atomic E-state index is 0.0141. The van der Waals surface area contributed by atoms with Crippen molar-refractivity contribution in [2.75, 3.05) is 11.9 Å². The molecule has 0 aromatic carbocycles. The van der Waals surface area contributed by atoms with Gasteiger partial charge in [0.2, 0.25) is 0 Å². The fraction of sp³-hybridized carbons (Fsp3) is 0.692. The Bertz CT molecular complexity index is 450. The highest BCUT2D eigenvalue weighted by atomic mass is 32.1. The van der Waals surface area contributed by atoms with E-state index in [9.17, 15) is 4.79 Å². The second-order valence-corrected chi connectivity index (χ2v) is 6.09. The standard InChI is InChI=1S/C13H20N2O2S/c1-5-17-12(16)10-8(2)15-18-11(10)14-13(3,4)9-6-7-9/h9,14H,5-7H2,1-4H3. The number of carbonyl (C=O) groups excluding carboxylic acids is 1. The van der Waals surface area contributed by atoms with E-state index in [-0.39, 0.29) is 11.5 Å². The quantitative estimate of drug-likeness (QED) is 0.833. The Labute approximate surface area is 112 Å². The number of rotatable bonds is 5. The van der Waals surface area contributed by atoms with Crippen LogP contribution in [0.2, 0.25) is 0 Å². The Morgan fingerprint density at radius 3 is 2.78 bits per heavy atom. The maximum absolute atomic E-state index is 11.9. The molecule has 0 saturated heterocycles. The van der Waals surface area contributed by atoms with Crippen LogP contribution in [0.25, 0.3) is 0 Å². The summed E-state index contributed by atoms with van der Waals surface area (Å²) < 4.78 is 9.35. The summed E-state index contributed by atoms with van der Waals surface area (Å²) in [6, 6.07) is 0. The Kier molecular flexibility index (Phi) is 3.61. The number of hydrogen-bond donors (Lipinski definition) is 1. The summed E-state index contributed by atoms with van der Waals surface area (Å²) in [7, 11) is 0. The molecule has 0 amide bonds. The van der Waals surface area contributed by atoms with Gasteiger partial charge in [-0.25, -0.2) is 4.79 Å². The van der Waals surface area contributed by atoms with E-state index in [1.165, 1.54) is 24.4 Å². The van der Waals surface area contributed by atoms with Crippen molar-refractivity contribution >= 4 is 22.5 Å². The Balaban J connectivity index is 2.20. The van der Waals surface area contributed by atoms with Gasteiger partial charge in [-0.15, -0.1) is 0 Å². The average molecular weight is 268 g/mol. The molecule has 5 heteroatoms. The summed E-state index contributed by atoms with van der Waals surface area (Å²) in [5, 5.41) is 4.30. The van der Waals surface area contributed by atoms with Gasteiger partial charge in [0.05, 0.1) is 12.3 Å². The number of aromatic nitrogens is 1. The largest absolute Gasteiger partial charge is 0.462 e. The molecule has 1 aromatic heterocycles. The molecule has 1 aliphatic rings. The number of anilines is 1. The third kappa shape index (κ3) is 2.66. The smallest absolute Gasteiger partial charge is 0.343 e. The van der Waals surface area contributed by atoms with Crippen molar-refractivity contribution in [2.24, 2.45) is 5.92 Å². The van der Waals surface area contributed by atoms with Crippen LogP contribution in [0.1, 0.15) is 49.7 Å². The summed E-state index contributed by atoms with van der Waals surface area (Å²) in [5.74, 6) is 0.410. The number of nitrogens with zero attached hydrogens (tertiary/aromatic N) is 1. The predicted molar refractivity (Wildman–Crippen MR) is 73.2 cm³/mol. The van der Waals surface area contributed by atoms with Crippen molar-refractivity contribution in [1.29, 1.82) is 0 Å². The van der Waals surface area contributed by atoms with Crippen molar-refractivity contribution in [2.45, 2.75) is 46.1 Å². The van der Waals surface area contributed by atoms with E-state index < -0.39 is 0 Å². The third-order valence-corrected chi connectivity index (χ3v) is 4.23. The molecule has 0 radical (unpaired) electrons. The van der Waals surface area contributed by atoms with Gasteiger partial charge >= 0.3 is 5.97 Å². The lowest BCUT2D eigenvalue weighted by atomic mass is 9.99. The number of ether oxygens (including phenoxy) is 1. The van der Waals surface area contributed by atoms with Crippen LogP contribution in [0, 0.1) is 12.8 Å². The highest BCUT2D eigenvalue weighted by molar-refractivity contribution is 7.10. The molecule has 18 heavy (non-hydrogen) atoms. The molecule has 0 spiro atoms. The van der Waals surface area contributed by atoms with Crippen LogP contribution in [-0.2, 0) is 4.74 Å². The van der Waals surface area contributed by atoms with Crippen LogP contribution in [0.4, 0.5) is 5.00 Å². The number of carbonyl (C=O) groups is 1. The Morgan fingerprint density at radius 2 is 2.22 bits per heavy atom. The molecule has 1 fully saturated rings. The summed E-state index contributed by atoms with van der Waals surface area (Å²) in [6.07, 6.45) is 2.51. The van der Waals surface area contributed by atoms with Crippen LogP contribution in [0.5, 0.6) is 0 Å². The summed E-state index contributed by atoms with van der Waals surface area (Å²) >= 11 is 1.34. The minimum atomic E-state index is -0.280. The van der Waals surface area contributed by atoms with Crippen LogP contribution < -0.4 is 5.32 Å². The molecule has 0 atom stereocenters. The molecule has 1 aromatic rings. The molecule has 1 aliphatic carbocycles. The van der Waals surface area contributed by atoms with Gasteiger partial charge in [-0.2, -0.15) is 4.37 Å². The molecule has 2 rings (SSSR count). The highest BCUT2D eigenvalue weighted by Gasteiger charge is 2.38. The maximum Gasteiger partial charge on any atom is 0.343 e. The zero-order valence-electron chi connectivity index (χ0n) is 11.4. The first-order valence-electron chi connectivity index (χ1n) is 6.37. The Hall–Kier alpha value is -1.10. The number of nitrogens with one attached hydrogen (secondary N) is 1. The molecule has 0 unspecified atom stereocenters. The summed E-state index contributed by atoms with van der Waals surface area (Å²) in [6.45, 7) is 8.40. The molecular weight excluding hydrogens is 248 g/mol. The molecule has 1 heterocycles. The SMILES string of the molecule is CCOC(=O)c1c(C)nsc1NC(C)(C)C1CC1. The monoisotopic (exact) mass is 268 g/mol. The van der Waals surface area contributed by atoms with E-state index in [2.05, 4.69) is 23.5 Å².